The number of primary amides is 2. The molecule has 0 spiro atoms. The van der Waals surface area contributed by atoms with Crippen LogP contribution in [-0.4, -0.2) is 46.5 Å². The van der Waals surface area contributed by atoms with Crippen LogP contribution in [-0.2, 0) is 19.3 Å². The molecule has 6 aromatic rings. The first-order chi connectivity index (χ1) is 21.4. The second-order valence-electron chi connectivity index (χ2n) is 11.5. The summed E-state index contributed by atoms with van der Waals surface area (Å²) >= 11 is 0. The molecule has 12 heteroatoms. The maximum absolute atomic E-state index is 11.8. The Morgan fingerprint density at radius 3 is 1.64 bits per heavy atom. The normalized spacial score (nSPS) is 15.4. The number of carbonyl (C=O) groups is 2. The Balaban J connectivity index is 0.975. The summed E-state index contributed by atoms with van der Waals surface area (Å²) in [5.41, 5.74) is 20.6. The fourth-order valence-electron chi connectivity index (χ4n) is 7.11. The van der Waals surface area contributed by atoms with Crippen LogP contribution in [0.3, 0.4) is 0 Å². The van der Waals surface area contributed by atoms with Crippen molar-refractivity contribution in [3.63, 3.8) is 0 Å². The molecule has 0 unspecified atom stereocenters. The van der Waals surface area contributed by atoms with Crippen molar-refractivity contribution in [1.82, 2.24) is 15.0 Å². The van der Waals surface area contributed by atoms with Crippen molar-refractivity contribution >= 4 is 61.7 Å². The molecule has 0 atom stereocenters. The first-order valence-electron chi connectivity index (χ1n) is 14.6. The highest BCUT2D eigenvalue weighted by Crippen LogP contribution is 2.40. The second kappa shape index (κ2) is 8.86. The number of hydrogen-bond donors (Lipinski definition) is 5. The molecule has 0 aliphatic carbocycles. The average molecular weight is 589 g/mol. The number of rotatable bonds is 5. The summed E-state index contributed by atoms with van der Waals surface area (Å²) in [6.45, 7) is 1.98. The van der Waals surface area contributed by atoms with Crippen LogP contribution in [0.5, 0.6) is 11.8 Å². The highest BCUT2D eigenvalue weighted by molar-refractivity contribution is 6.00. The van der Waals surface area contributed by atoms with E-state index in [0.29, 0.717) is 37.1 Å². The van der Waals surface area contributed by atoms with Gasteiger partial charge in [-0.1, -0.05) is 0 Å². The molecule has 44 heavy (non-hydrogen) atoms. The molecule has 0 radical (unpaired) electrons. The van der Waals surface area contributed by atoms with Crippen LogP contribution < -0.4 is 36.2 Å². The number of aromatic nitrogens is 3. The molecule has 220 valence electrons. The lowest BCUT2D eigenvalue weighted by Gasteiger charge is -2.18. The van der Waals surface area contributed by atoms with E-state index in [9.17, 15) is 9.59 Å². The fourth-order valence-corrected chi connectivity index (χ4v) is 7.11. The van der Waals surface area contributed by atoms with Crippen LogP contribution in [0.15, 0.2) is 54.6 Å². The molecular weight excluding hydrogens is 560 g/mol. The Hall–Kier alpha value is -5.78. The van der Waals surface area contributed by atoms with Crippen molar-refractivity contribution in [2.24, 2.45) is 11.5 Å². The molecule has 3 aliphatic heterocycles. The second-order valence-corrected chi connectivity index (χ2v) is 11.5. The van der Waals surface area contributed by atoms with Gasteiger partial charge < -0.3 is 36.1 Å². The number of aromatic amines is 3. The molecule has 0 bridgehead atoms. The van der Waals surface area contributed by atoms with Crippen LogP contribution >= 0.6 is 0 Å². The molecule has 0 saturated heterocycles. The Labute approximate surface area is 250 Å². The van der Waals surface area contributed by atoms with Gasteiger partial charge in [-0.2, -0.15) is 0 Å². The Morgan fingerprint density at radius 2 is 1.09 bits per heavy atom. The number of H-pyrrole nitrogens is 3. The van der Waals surface area contributed by atoms with Crippen LogP contribution in [0, 0.1) is 0 Å². The van der Waals surface area contributed by atoms with Crippen molar-refractivity contribution in [2.75, 3.05) is 34.7 Å². The van der Waals surface area contributed by atoms with Gasteiger partial charge in [0.05, 0.1) is 24.5 Å². The molecule has 3 aliphatic rings. The lowest BCUT2D eigenvalue weighted by Crippen LogP contribution is -2.33. The van der Waals surface area contributed by atoms with Crippen molar-refractivity contribution < 1.29 is 19.3 Å². The molecule has 7 N–H and O–H groups in total. The van der Waals surface area contributed by atoms with Gasteiger partial charge in [0.15, 0.2) is 0 Å². The molecule has 12 nitrogen and oxygen atoms in total. The van der Waals surface area contributed by atoms with Crippen molar-refractivity contribution in [1.29, 1.82) is 0 Å². The molecule has 9 rings (SSSR count). The number of carbonyl (C=O) groups excluding carboxylic acids is 2. The number of fused-ring (bicyclic) bond motifs is 9. The van der Waals surface area contributed by atoms with Crippen LogP contribution in [0.1, 0.15) is 27.2 Å². The Kier molecular flexibility index (Phi) is 4.99. The predicted octanol–water partition coefficient (Wildman–Crippen LogP) is 4.38. The number of benzene rings is 3. The number of amides is 3. The quantitative estimate of drug-likeness (QED) is 0.201. The van der Waals surface area contributed by atoms with Crippen molar-refractivity contribution in [3.05, 3.63) is 77.0 Å². The lowest BCUT2D eigenvalue weighted by molar-refractivity contribution is 0.0996. The van der Waals surface area contributed by atoms with Gasteiger partial charge in [-0.15, -0.1) is 0 Å². The molecule has 3 aromatic heterocycles. The average Bonchev–Trinajstić information content (AvgIpc) is 3.83. The third kappa shape index (κ3) is 3.57. The molecule has 3 aromatic carbocycles. The van der Waals surface area contributed by atoms with Gasteiger partial charge in [-0.3, -0.25) is 9.69 Å². The predicted molar refractivity (Wildman–Crippen MR) is 167 cm³/mol. The maximum Gasteiger partial charge on any atom is 0.319 e. The third-order valence-electron chi connectivity index (χ3n) is 9.11. The lowest BCUT2D eigenvalue weighted by atomic mass is 10.1. The minimum Gasteiger partial charge on any atom is -0.364 e. The van der Waals surface area contributed by atoms with Crippen molar-refractivity contribution in [3.8, 4) is 11.8 Å². The summed E-state index contributed by atoms with van der Waals surface area (Å²) in [6.07, 6.45) is 2.38. The van der Waals surface area contributed by atoms with Gasteiger partial charge in [-0.05, 0) is 78.4 Å². The minimum atomic E-state index is -0.474. The number of urea groups is 1. The zero-order valence-corrected chi connectivity index (χ0v) is 23.6. The van der Waals surface area contributed by atoms with Gasteiger partial charge in [0.25, 0.3) is 5.91 Å². The van der Waals surface area contributed by atoms with Crippen LogP contribution in [0.2, 0.25) is 0 Å². The highest BCUT2D eigenvalue weighted by Gasteiger charge is 2.29. The van der Waals surface area contributed by atoms with E-state index in [0.717, 1.165) is 80.2 Å². The fraction of sp³-hybridized carbons (Fsp3) is 0.188. The number of hydrogen-bond acceptors (Lipinski definition) is 6. The summed E-state index contributed by atoms with van der Waals surface area (Å²) in [5, 5.41) is 6.93. The standard InChI is InChI=1S/C32H28N8O4/c33-31(41)25-13-19-17-8-11-39(27(17)5-2-22(19)35-25)44-30-15-21-18-9-12-40(28(18)6-3-24(21)37-30)43-29-14-20-16-7-10-38(32(34)42)26(16)4-1-23(20)36-29/h1-6,13-15,35-37H,7-12H2,(H2,33,41)(H2,34,42). The topological polar surface area (TPSA) is 162 Å². The first-order valence-corrected chi connectivity index (χ1v) is 14.6. The molecule has 6 heterocycles. The number of nitrogens with one attached hydrogen (secondary N) is 3. The first kappa shape index (κ1) is 24.8. The number of nitrogens with two attached hydrogens (primary N) is 2. The smallest absolute Gasteiger partial charge is 0.319 e. The van der Waals surface area contributed by atoms with E-state index in [-0.39, 0.29) is 0 Å². The Bertz CT molecular complexity index is 2190. The summed E-state index contributed by atoms with van der Waals surface area (Å²) in [5.74, 6) is 0.824. The van der Waals surface area contributed by atoms with E-state index in [1.54, 1.807) is 4.90 Å². The third-order valence-corrected chi connectivity index (χ3v) is 9.11. The maximum atomic E-state index is 11.8. The number of hydroxylamine groups is 2. The van der Waals surface area contributed by atoms with Gasteiger partial charge in [0.1, 0.15) is 5.69 Å². The minimum absolute atomic E-state index is 0.403. The van der Waals surface area contributed by atoms with Gasteiger partial charge in [-0.25, -0.2) is 14.9 Å². The van der Waals surface area contributed by atoms with E-state index in [1.807, 2.05) is 58.7 Å². The highest BCUT2D eigenvalue weighted by atomic mass is 16.7. The van der Waals surface area contributed by atoms with Crippen LogP contribution in [0.4, 0.5) is 21.9 Å². The zero-order chi connectivity index (χ0) is 29.7. The summed E-state index contributed by atoms with van der Waals surface area (Å²) in [6, 6.07) is 17.4. The summed E-state index contributed by atoms with van der Waals surface area (Å²) in [4.78, 5) is 47.7. The summed E-state index contributed by atoms with van der Waals surface area (Å²) < 4.78 is 0. The van der Waals surface area contributed by atoms with E-state index in [1.165, 1.54) is 5.56 Å². The monoisotopic (exact) mass is 588 g/mol. The van der Waals surface area contributed by atoms with E-state index in [4.69, 9.17) is 21.1 Å². The molecule has 0 saturated carbocycles. The van der Waals surface area contributed by atoms with E-state index in [2.05, 4.69) is 21.0 Å². The van der Waals surface area contributed by atoms with E-state index < -0.39 is 11.9 Å². The number of nitrogens with zero attached hydrogens (tertiary/aromatic N) is 3. The van der Waals surface area contributed by atoms with Crippen LogP contribution in [0.25, 0.3) is 32.7 Å². The largest absolute Gasteiger partial charge is 0.364 e. The molecule has 0 fully saturated rings. The van der Waals surface area contributed by atoms with Gasteiger partial charge in [0, 0.05) is 57.1 Å². The van der Waals surface area contributed by atoms with Gasteiger partial charge in [0.2, 0.25) is 11.8 Å². The zero-order valence-electron chi connectivity index (χ0n) is 23.6. The SMILES string of the molecule is NC(=O)c1cc2c3c(ccc2[nH]1)N(Oc1cc2c4c(ccc2[nH]1)N(Oc1cc2c5c(ccc2[nH]1)N(C(N)=O)CC5)CC4)CC3. The number of anilines is 3. The molecule has 3 amide bonds. The van der Waals surface area contributed by atoms with Crippen molar-refractivity contribution in [2.45, 2.75) is 19.3 Å². The Morgan fingerprint density at radius 1 is 0.614 bits per heavy atom. The molecular formula is C32H28N8O4. The van der Waals surface area contributed by atoms with E-state index >= 15 is 0 Å². The summed E-state index contributed by atoms with van der Waals surface area (Å²) in [7, 11) is 0. The van der Waals surface area contributed by atoms with Gasteiger partial charge >= 0.3 is 6.03 Å².